The van der Waals surface area contributed by atoms with Crippen molar-refractivity contribution < 1.29 is 27.5 Å². The fourth-order valence-corrected chi connectivity index (χ4v) is 6.05. The Hall–Kier alpha value is -5.31. The van der Waals surface area contributed by atoms with Gasteiger partial charge in [0.25, 0.3) is 0 Å². The molecule has 2 N–H and O–H groups in total. The van der Waals surface area contributed by atoms with Crippen LogP contribution in [0.4, 0.5) is 34.6 Å². The van der Waals surface area contributed by atoms with Crippen molar-refractivity contribution in [2.24, 2.45) is 5.92 Å². The molecule has 0 unspecified atom stereocenters. The van der Waals surface area contributed by atoms with Crippen molar-refractivity contribution >= 4 is 39.9 Å². The second-order valence-corrected chi connectivity index (χ2v) is 12.6. The van der Waals surface area contributed by atoms with Gasteiger partial charge < -0.3 is 10.1 Å². The second kappa shape index (κ2) is 13.8. The Kier molecular flexibility index (Phi) is 9.39. The highest BCUT2D eigenvalue weighted by Crippen LogP contribution is 2.34. The first-order valence-electron chi connectivity index (χ1n) is 15.2. The van der Waals surface area contributed by atoms with E-state index in [2.05, 4.69) is 30.7 Å². The molecule has 4 heterocycles. The van der Waals surface area contributed by atoms with E-state index in [1.807, 2.05) is 26.0 Å². The summed E-state index contributed by atoms with van der Waals surface area (Å²) in [6, 6.07) is 13.0. The highest BCUT2D eigenvalue weighted by Gasteiger charge is 2.31. The van der Waals surface area contributed by atoms with Crippen molar-refractivity contribution in [3.05, 3.63) is 84.4 Å². The molecule has 15 heteroatoms. The Morgan fingerprint density at radius 1 is 1.00 bits per heavy atom. The van der Waals surface area contributed by atoms with E-state index in [-0.39, 0.29) is 35.0 Å². The van der Waals surface area contributed by atoms with Crippen molar-refractivity contribution in [2.45, 2.75) is 45.7 Å². The number of benzene rings is 2. The maximum Gasteiger partial charge on any atom is 0.416 e. The van der Waals surface area contributed by atoms with Crippen LogP contribution in [0.2, 0.25) is 0 Å². The zero-order chi connectivity index (χ0) is 33.8. The van der Waals surface area contributed by atoms with Crippen molar-refractivity contribution in [3.8, 4) is 27.9 Å². The van der Waals surface area contributed by atoms with Crippen LogP contribution in [0.5, 0.6) is 11.8 Å². The summed E-state index contributed by atoms with van der Waals surface area (Å²) in [5.74, 6) is 1.02. The molecule has 1 aliphatic heterocycles. The smallest absolute Gasteiger partial charge is 0.416 e. The van der Waals surface area contributed by atoms with Crippen LogP contribution in [-0.4, -0.2) is 43.2 Å². The van der Waals surface area contributed by atoms with Gasteiger partial charge in [-0.3, -0.25) is 15.0 Å². The predicted molar refractivity (Wildman–Crippen MR) is 176 cm³/mol. The minimum atomic E-state index is -4.53. The number of halogens is 3. The maximum absolute atomic E-state index is 13.4. The van der Waals surface area contributed by atoms with E-state index >= 15 is 0 Å². The van der Waals surface area contributed by atoms with E-state index in [1.165, 1.54) is 40.5 Å². The first kappa shape index (κ1) is 32.6. The topological polar surface area (TPSA) is 127 Å². The van der Waals surface area contributed by atoms with Gasteiger partial charge in [-0.25, -0.2) is 24.4 Å². The van der Waals surface area contributed by atoms with Gasteiger partial charge in [-0.2, -0.15) is 18.3 Å². The van der Waals surface area contributed by atoms with Crippen LogP contribution in [0.3, 0.4) is 0 Å². The van der Waals surface area contributed by atoms with E-state index in [4.69, 9.17) is 4.74 Å². The zero-order valence-electron chi connectivity index (χ0n) is 26.0. The molecule has 5 aromatic rings. The third-order valence-corrected chi connectivity index (χ3v) is 8.39. The minimum Gasteiger partial charge on any atom is -0.424 e. The summed E-state index contributed by atoms with van der Waals surface area (Å²) in [5.41, 5.74) is 1.12. The quantitative estimate of drug-likeness (QED) is 0.162. The van der Waals surface area contributed by atoms with Crippen LogP contribution in [-0.2, 0) is 17.4 Å². The molecule has 2 aromatic carbocycles. The molecule has 48 heavy (non-hydrogen) atoms. The number of carbonyl (C=O) groups excluding carboxylic acids is 2. The van der Waals surface area contributed by atoms with Crippen LogP contribution in [0.25, 0.3) is 16.1 Å². The molecule has 0 saturated carbocycles. The molecule has 6 rings (SSSR count). The Balaban J connectivity index is 1.08. The van der Waals surface area contributed by atoms with Gasteiger partial charge in [0.1, 0.15) is 11.6 Å². The molecular formula is C33H31F3N8O3S. The van der Waals surface area contributed by atoms with E-state index in [0.717, 1.165) is 35.4 Å². The lowest BCUT2D eigenvalue weighted by atomic mass is 10.1. The van der Waals surface area contributed by atoms with Gasteiger partial charge in [0.15, 0.2) is 5.13 Å². The van der Waals surface area contributed by atoms with Gasteiger partial charge in [0.05, 0.1) is 39.9 Å². The molecule has 1 saturated heterocycles. The summed E-state index contributed by atoms with van der Waals surface area (Å²) in [7, 11) is 0. The lowest BCUT2D eigenvalue weighted by Crippen LogP contribution is -2.34. The van der Waals surface area contributed by atoms with Gasteiger partial charge in [-0.05, 0) is 73.2 Å². The van der Waals surface area contributed by atoms with Gasteiger partial charge >= 0.3 is 18.2 Å². The number of hydrogen-bond donors (Lipinski definition) is 2. The summed E-state index contributed by atoms with van der Waals surface area (Å²) in [6.45, 7) is 4.67. The van der Waals surface area contributed by atoms with Crippen molar-refractivity contribution in [2.75, 3.05) is 22.1 Å². The van der Waals surface area contributed by atoms with Gasteiger partial charge in [0, 0.05) is 25.2 Å². The second-order valence-electron chi connectivity index (χ2n) is 11.5. The third kappa shape index (κ3) is 7.79. The molecule has 0 aliphatic carbocycles. The summed E-state index contributed by atoms with van der Waals surface area (Å²) in [4.78, 5) is 40.6. The minimum absolute atomic E-state index is 0.0540. The average molecular weight is 677 g/mol. The number of hydrogen-bond acceptors (Lipinski definition) is 8. The molecule has 0 radical (unpaired) electrons. The van der Waals surface area contributed by atoms with Crippen molar-refractivity contribution in [3.63, 3.8) is 0 Å². The largest absolute Gasteiger partial charge is 0.424 e. The normalized spacial score (nSPS) is 13.5. The summed E-state index contributed by atoms with van der Waals surface area (Å²) in [6.07, 6.45) is 2.95. The van der Waals surface area contributed by atoms with Crippen molar-refractivity contribution in [1.82, 2.24) is 24.7 Å². The number of piperidine rings is 1. The summed E-state index contributed by atoms with van der Waals surface area (Å²) in [5, 5.41) is 10.4. The molecule has 3 amide bonds. The maximum atomic E-state index is 13.4. The highest BCUT2D eigenvalue weighted by atomic mass is 32.1. The van der Waals surface area contributed by atoms with E-state index in [1.54, 1.807) is 29.3 Å². The molecular weight excluding hydrogens is 645 g/mol. The van der Waals surface area contributed by atoms with Gasteiger partial charge in [-0.15, -0.1) is 0 Å². The van der Waals surface area contributed by atoms with Crippen LogP contribution in [0.1, 0.15) is 44.4 Å². The van der Waals surface area contributed by atoms with E-state index < -0.39 is 17.8 Å². The number of ether oxygens (including phenoxy) is 1. The standard InChI is InChI=1S/C33H31F3N8O3S/c1-20(2)14-23-16-28(44(42-23)25-7-5-6-22(15-25)33(34,35)36)41-30(46)40-24-17-37-31(38-18-24)47-26-11-9-21(10-12-26)27-19-39-32(48-27)43-13-4-3-8-29(43)45/h5-7,9-12,15-20H,3-4,8,13-14H2,1-2H3,(H2,40,41,46). The van der Waals surface area contributed by atoms with Crippen LogP contribution >= 0.6 is 11.3 Å². The number of urea groups is 1. The van der Waals surface area contributed by atoms with E-state index in [9.17, 15) is 22.8 Å². The van der Waals surface area contributed by atoms with E-state index in [0.29, 0.717) is 36.0 Å². The third-order valence-electron chi connectivity index (χ3n) is 7.32. The van der Waals surface area contributed by atoms with Crippen LogP contribution in [0.15, 0.2) is 73.2 Å². The number of carbonyl (C=O) groups is 2. The molecule has 11 nitrogen and oxygen atoms in total. The molecule has 3 aromatic heterocycles. The average Bonchev–Trinajstić information content (AvgIpc) is 3.69. The van der Waals surface area contributed by atoms with Crippen molar-refractivity contribution in [1.29, 1.82) is 0 Å². The zero-order valence-corrected chi connectivity index (χ0v) is 26.8. The Bertz CT molecular complexity index is 1910. The monoisotopic (exact) mass is 676 g/mol. The number of nitrogens with zero attached hydrogens (tertiary/aromatic N) is 6. The molecule has 0 spiro atoms. The SMILES string of the molecule is CC(C)Cc1cc(NC(=O)Nc2cnc(Oc3ccc(-c4cnc(N5CCCCC5=O)s4)cc3)nc2)n(-c2cccc(C(F)(F)F)c2)n1. The summed E-state index contributed by atoms with van der Waals surface area (Å²) >= 11 is 1.46. The highest BCUT2D eigenvalue weighted by molar-refractivity contribution is 7.19. The molecule has 0 bridgehead atoms. The lowest BCUT2D eigenvalue weighted by molar-refractivity contribution is -0.137. The number of aromatic nitrogens is 5. The Labute approximate surface area is 277 Å². The fraction of sp³-hybridized carbons (Fsp3) is 0.273. The van der Waals surface area contributed by atoms with Gasteiger partial charge in [0.2, 0.25) is 5.91 Å². The van der Waals surface area contributed by atoms with Crippen LogP contribution < -0.4 is 20.3 Å². The fourth-order valence-electron chi connectivity index (χ4n) is 5.08. The number of nitrogens with one attached hydrogen (secondary N) is 2. The number of amides is 3. The molecule has 1 fully saturated rings. The number of anilines is 3. The lowest BCUT2D eigenvalue weighted by Gasteiger charge is -2.23. The molecule has 1 aliphatic rings. The van der Waals surface area contributed by atoms with Crippen LogP contribution in [0, 0.1) is 5.92 Å². The Morgan fingerprint density at radius 2 is 1.77 bits per heavy atom. The molecule has 0 atom stereocenters. The predicted octanol–water partition coefficient (Wildman–Crippen LogP) is 7.96. The van der Waals surface area contributed by atoms with Gasteiger partial charge in [-0.1, -0.05) is 31.3 Å². The number of alkyl halides is 3. The summed E-state index contributed by atoms with van der Waals surface area (Å²) < 4.78 is 47.1. The molecule has 248 valence electrons. The number of thiazole rings is 1. The number of rotatable bonds is 9. The Morgan fingerprint density at radius 3 is 2.48 bits per heavy atom. The first-order chi connectivity index (χ1) is 23.0. The first-order valence-corrected chi connectivity index (χ1v) is 16.0.